The maximum atomic E-state index is 13.0. The highest BCUT2D eigenvalue weighted by Crippen LogP contribution is 2.21. The number of nitrogens with zero attached hydrogens (tertiary/aromatic N) is 1. The van der Waals surface area contributed by atoms with Crippen molar-refractivity contribution in [2.24, 2.45) is 0 Å². The van der Waals surface area contributed by atoms with E-state index in [2.05, 4.69) is 0 Å². The molecule has 0 saturated carbocycles. The third-order valence-corrected chi connectivity index (χ3v) is 4.24. The molecule has 1 aromatic heterocycles. The second kappa shape index (κ2) is 7.90. The van der Waals surface area contributed by atoms with Crippen LogP contribution in [0.15, 0.2) is 71.3 Å². The summed E-state index contributed by atoms with van der Waals surface area (Å²) < 4.78 is 10.6. The predicted octanol–water partition coefficient (Wildman–Crippen LogP) is 4.78. The molecule has 0 atom stereocenters. The Morgan fingerprint density at radius 3 is 2.44 bits per heavy atom. The van der Waals surface area contributed by atoms with E-state index in [1.807, 2.05) is 30.3 Å². The van der Waals surface area contributed by atoms with Crippen LogP contribution in [0.4, 0.5) is 0 Å². The van der Waals surface area contributed by atoms with Crippen LogP contribution in [0.2, 0.25) is 5.02 Å². The Morgan fingerprint density at radius 1 is 1.04 bits per heavy atom. The van der Waals surface area contributed by atoms with E-state index < -0.39 is 0 Å². The van der Waals surface area contributed by atoms with Gasteiger partial charge in [0, 0.05) is 17.1 Å². The van der Waals surface area contributed by atoms with Crippen LogP contribution in [0.3, 0.4) is 0 Å². The van der Waals surface area contributed by atoms with Crippen LogP contribution in [0, 0.1) is 0 Å². The minimum absolute atomic E-state index is 0.0982. The van der Waals surface area contributed by atoms with Gasteiger partial charge in [0.15, 0.2) is 0 Å². The Bertz CT molecular complexity index is 828. The fourth-order valence-electron chi connectivity index (χ4n) is 2.54. The third-order valence-electron chi connectivity index (χ3n) is 3.87. The lowest BCUT2D eigenvalue weighted by Crippen LogP contribution is -2.30. The Morgan fingerprint density at radius 2 is 1.80 bits per heavy atom. The molecular weight excluding hydrogens is 338 g/mol. The molecule has 0 spiro atoms. The highest BCUT2D eigenvalue weighted by Gasteiger charge is 2.19. The number of benzene rings is 2. The molecule has 128 valence electrons. The minimum atomic E-state index is -0.0982. The average Bonchev–Trinajstić information content (AvgIpc) is 3.15. The summed E-state index contributed by atoms with van der Waals surface area (Å²) in [7, 11) is 1.59. The van der Waals surface area contributed by atoms with Gasteiger partial charge in [0.1, 0.15) is 11.5 Å². The molecule has 0 saturated heterocycles. The zero-order valence-electron chi connectivity index (χ0n) is 13.8. The lowest BCUT2D eigenvalue weighted by Gasteiger charge is -2.22. The first-order chi connectivity index (χ1) is 12.2. The molecule has 1 amide bonds. The van der Waals surface area contributed by atoms with Crippen LogP contribution in [0.1, 0.15) is 21.7 Å². The summed E-state index contributed by atoms with van der Waals surface area (Å²) in [5.41, 5.74) is 1.47. The van der Waals surface area contributed by atoms with E-state index in [0.29, 0.717) is 35.2 Å². The molecule has 0 aliphatic rings. The number of hydrogen-bond acceptors (Lipinski definition) is 3. The van der Waals surface area contributed by atoms with E-state index >= 15 is 0 Å². The smallest absolute Gasteiger partial charge is 0.254 e. The maximum absolute atomic E-state index is 13.0. The molecule has 0 N–H and O–H groups in total. The van der Waals surface area contributed by atoms with Gasteiger partial charge >= 0.3 is 0 Å². The summed E-state index contributed by atoms with van der Waals surface area (Å²) in [6, 6.07) is 18.2. The summed E-state index contributed by atoms with van der Waals surface area (Å²) >= 11 is 6.26. The van der Waals surface area contributed by atoms with Gasteiger partial charge < -0.3 is 14.1 Å². The van der Waals surface area contributed by atoms with Crippen LogP contribution in [-0.4, -0.2) is 17.9 Å². The Hall–Kier alpha value is -2.72. The Labute approximate surface area is 151 Å². The predicted molar refractivity (Wildman–Crippen MR) is 96.7 cm³/mol. The van der Waals surface area contributed by atoms with Crippen molar-refractivity contribution < 1.29 is 13.9 Å². The molecule has 0 fully saturated rings. The molecule has 2 aromatic carbocycles. The molecule has 0 bridgehead atoms. The molecular formula is C20H18ClNO3. The van der Waals surface area contributed by atoms with Crippen molar-refractivity contribution in [2.75, 3.05) is 7.11 Å². The van der Waals surface area contributed by atoms with Gasteiger partial charge in [0.2, 0.25) is 0 Å². The number of hydrogen-bond donors (Lipinski definition) is 0. The van der Waals surface area contributed by atoms with Crippen LogP contribution in [0.25, 0.3) is 0 Å². The Kier molecular flexibility index (Phi) is 5.41. The van der Waals surface area contributed by atoms with E-state index in [1.165, 1.54) is 0 Å². The van der Waals surface area contributed by atoms with Gasteiger partial charge in [-0.15, -0.1) is 0 Å². The van der Waals surface area contributed by atoms with Crippen LogP contribution in [0.5, 0.6) is 5.75 Å². The highest BCUT2D eigenvalue weighted by atomic mass is 35.5. The van der Waals surface area contributed by atoms with Gasteiger partial charge in [-0.25, -0.2) is 0 Å². The largest absolute Gasteiger partial charge is 0.497 e. The second-order valence-corrected chi connectivity index (χ2v) is 5.97. The number of carbonyl (C=O) groups excluding carboxylic acids is 1. The number of rotatable bonds is 6. The van der Waals surface area contributed by atoms with Gasteiger partial charge in [-0.05, 0) is 48.0 Å². The van der Waals surface area contributed by atoms with E-state index in [0.717, 1.165) is 5.56 Å². The van der Waals surface area contributed by atoms with Crippen molar-refractivity contribution in [3.05, 3.63) is 88.8 Å². The zero-order valence-corrected chi connectivity index (χ0v) is 14.6. The van der Waals surface area contributed by atoms with Gasteiger partial charge in [-0.3, -0.25) is 4.79 Å². The lowest BCUT2D eigenvalue weighted by atomic mass is 10.1. The van der Waals surface area contributed by atoms with E-state index in [4.69, 9.17) is 20.8 Å². The topological polar surface area (TPSA) is 42.7 Å². The van der Waals surface area contributed by atoms with E-state index in [1.54, 1.807) is 48.6 Å². The molecule has 0 aliphatic heterocycles. The van der Waals surface area contributed by atoms with Crippen LogP contribution >= 0.6 is 11.6 Å². The van der Waals surface area contributed by atoms with Crippen molar-refractivity contribution in [1.82, 2.24) is 4.90 Å². The number of halogens is 1. The fraction of sp³-hybridized carbons (Fsp3) is 0.150. The second-order valence-electron chi connectivity index (χ2n) is 5.56. The lowest BCUT2D eigenvalue weighted by molar-refractivity contribution is 0.0717. The number of methoxy groups -OCH3 is 1. The van der Waals surface area contributed by atoms with Gasteiger partial charge in [0.05, 0.1) is 19.9 Å². The number of carbonyl (C=O) groups is 1. The summed E-state index contributed by atoms with van der Waals surface area (Å²) in [6.45, 7) is 0.758. The van der Waals surface area contributed by atoms with Crippen LogP contribution < -0.4 is 4.74 Å². The molecule has 0 unspecified atom stereocenters. The first kappa shape index (κ1) is 17.1. The molecule has 5 heteroatoms. The minimum Gasteiger partial charge on any atom is -0.497 e. The standard InChI is InChI=1S/C20H18ClNO3/c1-24-17-10-8-15(9-11-17)20(23)22(14-18-6-4-12-25-18)13-16-5-2-3-7-19(16)21/h2-12H,13-14H2,1H3. The summed E-state index contributed by atoms with van der Waals surface area (Å²) in [4.78, 5) is 14.7. The quantitative estimate of drug-likeness (QED) is 0.638. The van der Waals surface area contributed by atoms with Crippen molar-refractivity contribution in [3.63, 3.8) is 0 Å². The number of furan rings is 1. The van der Waals surface area contributed by atoms with Gasteiger partial charge in [0.25, 0.3) is 5.91 Å². The summed E-state index contributed by atoms with van der Waals surface area (Å²) in [6.07, 6.45) is 1.60. The molecule has 25 heavy (non-hydrogen) atoms. The van der Waals surface area contributed by atoms with Gasteiger partial charge in [-0.1, -0.05) is 29.8 Å². The first-order valence-corrected chi connectivity index (χ1v) is 8.24. The van der Waals surface area contributed by atoms with Crippen molar-refractivity contribution in [3.8, 4) is 5.75 Å². The first-order valence-electron chi connectivity index (χ1n) is 7.86. The molecule has 0 radical (unpaired) electrons. The Balaban J connectivity index is 1.86. The third kappa shape index (κ3) is 4.22. The molecule has 4 nitrogen and oxygen atoms in total. The monoisotopic (exact) mass is 355 g/mol. The van der Waals surface area contributed by atoms with E-state index in [9.17, 15) is 4.79 Å². The maximum Gasteiger partial charge on any atom is 0.254 e. The van der Waals surface area contributed by atoms with Crippen molar-refractivity contribution in [2.45, 2.75) is 13.1 Å². The number of ether oxygens (including phenoxy) is 1. The summed E-state index contributed by atoms with van der Waals surface area (Å²) in [5, 5.41) is 0.634. The van der Waals surface area contributed by atoms with Crippen LogP contribution in [-0.2, 0) is 13.1 Å². The normalized spacial score (nSPS) is 10.5. The molecule has 3 rings (SSSR count). The van der Waals surface area contributed by atoms with Crippen molar-refractivity contribution >= 4 is 17.5 Å². The van der Waals surface area contributed by atoms with Crippen molar-refractivity contribution in [1.29, 1.82) is 0 Å². The summed E-state index contributed by atoms with van der Waals surface area (Å²) in [5.74, 6) is 1.33. The highest BCUT2D eigenvalue weighted by molar-refractivity contribution is 6.31. The number of amides is 1. The fourth-order valence-corrected chi connectivity index (χ4v) is 2.73. The average molecular weight is 356 g/mol. The van der Waals surface area contributed by atoms with E-state index in [-0.39, 0.29) is 5.91 Å². The molecule has 3 aromatic rings. The SMILES string of the molecule is COc1ccc(C(=O)N(Cc2ccco2)Cc2ccccc2Cl)cc1. The molecule has 1 heterocycles. The molecule has 0 aliphatic carbocycles. The zero-order chi connectivity index (χ0) is 17.6. The van der Waals surface area contributed by atoms with Gasteiger partial charge in [-0.2, -0.15) is 0 Å².